The van der Waals surface area contributed by atoms with Crippen LogP contribution in [0.1, 0.15) is 65.7 Å². The summed E-state index contributed by atoms with van der Waals surface area (Å²) in [6, 6.07) is 2.62. The Kier molecular flexibility index (Phi) is 10.2. The molecule has 0 aromatic rings. The Labute approximate surface area is 164 Å². The summed E-state index contributed by atoms with van der Waals surface area (Å²) in [6.45, 7) is 6.31. The Balaban J connectivity index is 2.62. The summed E-state index contributed by atoms with van der Waals surface area (Å²) in [7, 11) is 1.91. The van der Waals surface area contributed by atoms with Crippen molar-refractivity contribution in [2.45, 2.75) is 77.1 Å². The molecule has 1 amide bonds. The van der Waals surface area contributed by atoms with Gasteiger partial charge < -0.3 is 4.90 Å². The van der Waals surface area contributed by atoms with Crippen LogP contribution in [0.15, 0.2) is 0 Å². The molecule has 5 heteroatoms. The lowest BCUT2D eigenvalue weighted by atomic mass is 9.87. The van der Waals surface area contributed by atoms with E-state index in [9.17, 15) is 10.1 Å². The number of nitrogens with zero attached hydrogens (tertiary/aromatic N) is 2. The van der Waals surface area contributed by atoms with E-state index in [4.69, 9.17) is 23.2 Å². The molecule has 0 bridgehead atoms. The van der Waals surface area contributed by atoms with Gasteiger partial charge in [0.25, 0.3) is 0 Å². The van der Waals surface area contributed by atoms with Crippen molar-refractivity contribution in [2.24, 2.45) is 23.7 Å². The summed E-state index contributed by atoms with van der Waals surface area (Å²) in [4.78, 5) is 14.7. The molecule has 0 aliphatic heterocycles. The molecule has 25 heavy (non-hydrogen) atoms. The number of alkyl halides is 2. The zero-order chi connectivity index (χ0) is 19.0. The molecule has 0 saturated heterocycles. The lowest BCUT2D eigenvalue weighted by Crippen LogP contribution is -2.44. The van der Waals surface area contributed by atoms with Gasteiger partial charge >= 0.3 is 0 Å². The minimum atomic E-state index is -0.181. The smallest absolute Gasteiger partial charge is 0.226 e. The van der Waals surface area contributed by atoms with E-state index in [0.29, 0.717) is 17.7 Å². The standard InChI is InChI=1S/C20H34Cl2N2O/c1-14-11-17(13-23)8-9-18(12-14)16(3)24(4)20(25)15(2)19(22)7-5-6-10-21/h14-19H,5-12H2,1-4H3. The van der Waals surface area contributed by atoms with Crippen LogP contribution < -0.4 is 0 Å². The van der Waals surface area contributed by atoms with Crippen molar-refractivity contribution < 1.29 is 4.79 Å². The average Bonchev–Trinajstić information content (AvgIpc) is 2.80. The summed E-state index contributed by atoms with van der Waals surface area (Å²) in [6.07, 6.45) is 6.78. The lowest BCUT2D eigenvalue weighted by molar-refractivity contribution is -0.136. The second-order valence-corrected chi connectivity index (χ2v) is 8.86. The quantitative estimate of drug-likeness (QED) is 0.315. The lowest BCUT2D eigenvalue weighted by Gasteiger charge is -2.35. The largest absolute Gasteiger partial charge is 0.343 e. The number of unbranched alkanes of at least 4 members (excludes halogenated alkanes) is 1. The van der Waals surface area contributed by atoms with Crippen LogP contribution in [0.4, 0.5) is 0 Å². The first kappa shape index (κ1) is 22.6. The second-order valence-electron chi connectivity index (χ2n) is 7.92. The van der Waals surface area contributed by atoms with E-state index < -0.39 is 0 Å². The Morgan fingerprint density at radius 3 is 2.56 bits per heavy atom. The third kappa shape index (κ3) is 6.99. The first-order valence-electron chi connectivity index (χ1n) is 9.68. The van der Waals surface area contributed by atoms with Gasteiger partial charge in [-0.25, -0.2) is 0 Å². The van der Waals surface area contributed by atoms with Gasteiger partial charge in [-0.05, 0) is 57.3 Å². The van der Waals surface area contributed by atoms with Crippen LogP contribution in [0.5, 0.6) is 0 Å². The van der Waals surface area contributed by atoms with Gasteiger partial charge in [-0.2, -0.15) is 5.26 Å². The van der Waals surface area contributed by atoms with E-state index in [0.717, 1.165) is 44.9 Å². The van der Waals surface area contributed by atoms with Crippen LogP contribution in [0.25, 0.3) is 0 Å². The maximum Gasteiger partial charge on any atom is 0.226 e. The summed E-state index contributed by atoms with van der Waals surface area (Å²) in [5.41, 5.74) is 0. The number of carbonyl (C=O) groups excluding carboxylic acids is 1. The average molecular weight is 389 g/mol. The fourth-order valence-corrected chi connectivity index (χ4v) is 4.43. The molecule has 1 saturated carbocycles. The van der Waals surface area contributed by atoms with E-state index >= 15 is 0 Å². The Morgan fingerprint density at radius 2 is 1.96 bits per heavy atom. The highest BCUT2D eigenvalue weighted by molar-refractivity contribution is 6.22. The molecule has 0 radical (unpaired) electrons. The number of nitriles is 1. The van der Waals surface area contributed by atoms with Crippen LogP contribution >= 0.6 is 23.2 Å². The van der Waals surface area contributed by atoms with Gasteiger partial charge in [0.05, 0.1) is 12.0 Å². The molecule has 6 atom stereocenters. The summed E-state index contributed by atoms with van der Waals surface area (Å²) in [5, 5.41) is 9.10. The van der Waals surface area contributed by atoms with Gasteiger partial charge in [-0.3, -0.25) is 4.79 Å². The van der Waals surface area contributed by atoms with Gasteiger partial charge in [0.2, 0.25) is 5.91 Å². The van der Waals surface area contributed by atoms with Gasteiger partial charge in [0.15, 0.2) is 0 Å². The molecule has 1 rings (SSSR count). The molecule has 144 valence electrons. The molecule has 0 heterocycles. The van der Waals surface area contributed by atoms with Crippen molar-refractivity contribution in [1.82, 2.24) is 4.90 Å². The Hall–Kier alpha value is -0.460. The fourth-order valence-electron chi connectivity index (χ4n) is 3.98. The highest BCUT2D eigenvalue weighted by atomic mass is 35.5. The van der Waals surface area contributed by atoms with Gasteiger partial charge in [0, 0.05) is 30.3 Å². The predicted molar refractivity (Wildman–Crippen MR) is 106 cm³/mol. The number of amides is 1. The number of carbonyl (C=O) groups is 1. The maximum atomic E-state index is 12.9. The van der Waals surface area contributed by atoms with E-state index in [-0.39, 0.29) is 29.2 Å². The van der Waals surface area contributed by atoms with E-state index in [1.165, 1.54) is 0 Å². The molecule has 1 aliphatic rings. The zero-order valence-corrected chi connectivity index (χ0v) is 17.7. The summed E-state index contributed by atoms with van der Waals surface area (Å²) < 4.78 is 0. The maximum absolute atomic E-state index is 12.9. The van der Waals surface area contributed by atoms with E-state index in [1.807, 2.05) is 18.9 Å². The molecule has 0 aromatic heterocycles. The first-order valence-corrected chi connectivity index (χ1v) is 10.6. The SMILES string of the molecule is CC1CC(C#N)CCC(C(C)N(C)C(=O)C(C)C(Cl)CCCCCl)C1. The third-order valence-electron chi connectivity index (χ3n) is 5.90. The van der Waals surface area contributed by atoms with Crippen molar-refractivity contribution in [3.63, 3.8) is 0 Å². The predicted octanol–water partition coefficient (Wildman–Crippen LogP) is 5.45. The van der Waals surface area contributed by atoms with Crippen molar-refractivity contribution in [2.75, 3.05) is 12.9 Å². The monoisotopic (exact) mass is 388 g/mol. The van der Waals surface area contributed by atoms with Crippen molar-refractivity contribution in [3.8, 4) is 6.07 Å². The number of halogens is 2. The third-order valence-corrected chi connectivity index (χ3v) is 6.76. The van der Waals surface area contributed by atoms with Crippen LogP contribution in [0.3, 0.4) is 0 Å². The minimum Gasteiger partial charge on any atom is -0.343 e. The summed E-state index contributed by atoms with van der Waals surface area (Å²) >= 11 is 12.2. The zero-order valence-electron chi connectivity index (χ0n) is 16.2. The highest BCUT2D eigenvalue weighted by Gasteiger charge is 2.33. The van der Waals surface area contributed by atoms with Crippen LogP contribution in [-0.4, -0.2) is 35.2 Å². The Bertz CT molecular complexity index is 451. The normalized spacial score (nSPS) is 27.6. The van der Waals surface area contributed by atoms with Gasteiger partial charge in [-0.15, -0.1) is 23.2 Å². The number of hydrogen-bond acceptors (Lipinski definition) is 2. The van der Waals surface area contributed by atoms with Crippen LogP contribution in [0.2, 0.25) is 0 Å². The topological polar surface area (TPSA) is 44.1 Å². The second kappa shape index (κ2) is 11.3. The van der Waals surface area contributed by atoms with Crippen molar-refractivity contribution in [1.29, 1.82) is 5.26 Å². The first-order chi connectivity index (χ1) is 11.8. The number of rotatable bonds is 8. The molecule has 6 unspecified atom stereocenters. The fraction of sp³-hybridized carbons (Fsp3) is 0.900. The number of hydrogen-bond donors (Lipinski definition) is 0. The van der Waals surface area contributed by atoms with Crippen molar-refractivity contribution >= 4 is 29.1 Å². The Morgan fingerprint density at radius 1 is 1.28 bits per heavy atom. The molecular weight excluding hydrogens is 355 g/mol. The van der Waals surface area contributed by atoms with Gasteiger partial charge in [-0.1, -0.05) is 20.3 Å². The molecule has 1 aliphatic carbocycles. The van der Waals surface area contributed by atoms with Crippen LogP contribution in [0, 0.1) is 35.0 Å². The van der Waals surface area contributed by atoms with E-state index in [2.05, 4.69) is 19.9 Å². The molecule has 0 aromatic carbocycles. The van der Waals surface area contributed by atoms with Crippen LogP contribution in [-0.2, 0) is 4.79 Å². The molecule has 0 N–H and O–H groups in total. The molecule has 1 fully saturated rings. The summed E-state index contributed by atoms with van der Waals surface area (Å²) in [5.74, 6) is 1.76. The molecule has 3 nitrogen and oxygen atoms in total. The molecular formula is C20H34Cl2N2O. The minimum absolute atomic E-state index is 0.132. The van der Waals surface area contributed by atoms with Crippen molar-refractivity contribution in [3.05, 3.63) is 0 Å². The highest BCUT2D eigenvalue weighted by Crippen LogP contribution is 2.34. The molecule has 0 spiro atoms. The van der Waals surface area contributed by atoms with E-state index in [1.54, 1.807) is 0 Å². The van der Waals surface area contributed by atoms with Gasteiger partial charge in [0.1, 0.15) is 0 Å².